The topological polar surface area (TPSA) is 135 Å². The standard InChI is InChI=1S/C13H17N7O2S2/c1-5(2)8(14)9-17-18-12-20(9)19-13(24-12)23-4-7-6(3)15-11(22)16-10(7)21/h5,8H,4,14H2,1-3H3,(H2,15,16,21,22). The number of nitrogens with two attached hydrogens (primary N) is 1. The zero-order valence-electron chi connectivity index (χ0n) is 13.4. The third-order valence-corrected chi connectivity index (χ3v) is 5.67. The number of hydrogen-bond acceptors (Lipinski definition) is 8. The van der Waals surface area contributed by atoms with Gasteiger partial charge in [-0.3, -0.25) is 9.78 Å². The molecule has 3 rings (SSSR count). The molecule has 3 aromatic rings. The van der Waals surface area contributed by atoms with Crippen LogP contribution in [0.3, 0.4) is 0 Å². The molecule has 3 heterocycles. The second kappa shape index (κ2) is 6.49. The number of thioether (sulfide) groups is 1. The Morgan fingerprint density at radius 1 is 1.29 bits per heavy atom. The Morgan fingerprint density at radius 2 is 2.04 bits per heavy atom. The number of aryl methyl sites for hydroxylation is 1. The van der Waals surface area contributed by atoms with Gasteiger partial charge in [0.15, 0.2) is 10.2 Å². The molecule has 0 saturated carbocycles. The van der Waals surface area contributed by atoms with E-state index in [1.807, 2.05) is 13.8 Å². The smallest absolute Gasteiger partial charge is 0.321 e. The normalized spacial score (nSPS) is 13.0. The molecule has 0 bridgehead atoms. The van der Waals surface area contributed by atoms with E-state index in [-0.39, 0.29) is 17.5 Å². The second-order valence-corrected chi connectivity index (χ2v) is 7.87. The molecule has 9 nitrogen and oxygen atoms in total. The Morgan fingerprint density at radius 3 is 2.71 bits per heavy atom. The van der Waals surface area contributed by atoms with Crippen LogP contribution >= 0.6 is 23.1 Å². The van der Waals surface area contributed by atoms with Gasteiger partial charge in [0.25, 0.3) is 5.56 Å². The van der Waals surface area contributed by atoms with Crippen molar-refractivity contribution in [3.05, 3.63) is 37.9 Å². The maximum Gasteiger partial charge on any atom is 0.325 e. The minimum atomic E-state index is -0.502. The predicted molar refractivity (Wildman–Crippen MR) is 92.4 cm³/mol. The van der Waals surface area contributed by atoms with Crippen LogP contribution in [0.2, 0.25) is 0 Å². The van der Waals surface area contributed by atoms with E-state index in [0.29, 0.717) is 27.8 Å². The molecule has 0 amide bonds. The Hall–Kier alpha value is -1.98. The van der Waals surface area contributed by atoms with Crippen molar-refractivity contribution in [1.82, 2.24) is 29.8 Å². The highest BCUT2D eigenvalue weighted by Gasteiger charge is 2.20. The maximum atomic E-state index is 11.9. The van der Waals surface area contributed by atoms with Gasteiger partial charge in [0, 0.05) is 17.0 Å². The van der Waals surface area contributed by atoms with E-state index in [9.17, 15) is 9.59 Å². The first kappa shape index (κ1) is 16.9. The van der Waals surface area contributed by atoms with Crippen LogP contribution in [0.15, 0.2) is 13.9 Å². The highest BCUT2D eigenvalue weighted by molar-refractivity contribution is 8.00. The molecule has 1 unspecified atom stereocenters. The van der Waals surface area contributed by atoms with E-state index < -0.39 is 5.69 Å². The average Bonchev–Trinajstić information content (AvgIpc) is 3.05. The second-order valence-electron chi connectivity index (χ2n) is 5.69. The van der Waals surface area contributed by atoms with Crippen LogP contribution in [-0.4, -0.2) is 29.8 Å². The minimum Gasteiger partial charge on any atom is -0.321 e. The fraction of sp³-hybridized carbons (Fsp3) is 0.462. The highest BCUT2D eigenvalue weighted by Crippen LogP contribution is 2.28. The van der Waals surface area contributed by atoms with Gasteiger partial charge < -0.3 is 10.7 Å². The van der Waals surface area contributed by atoms with Gasteiger partial charge in [-0.25, -0.2) is 4.79 Å². The first-order valence-corrected chi connectivity index (χ1v) is 9.09. The fourth-order valence-corrected chi connectivity index (χ4v) is 4.08. The molecule has 0 saturated heterocycles. The lowest BCUT2D eigenvalue weighted by molar-refractivity contribution is 0.479. The molecule has 0 aliphatic carbocycles. The molecule has 128 valence electrons. The van der Waals surface area contributed by atoms with Crippen molar-refractivity contribution >= 4 is 28.1 Å². The van der Waals surface area contributed by atoms with E-state index in [1.165, 1.54) is 23.1 Å². The van der Waals surface area contributed by atoms with Crippen molar-refractivity contribution < 1.29 is 0 Å². The minimum absolute atomic E-state index is 0.220. The summed E-state index contributed by atoms with van der Waals surface area (Å²) in [7, 11) is 0. The largest absolute Gasteiger partial charge is 0.325 e. The van der Waals surface area contributed by atoms with Crippen LogP contribution in [0.4, 0.5) is 0 Å². The molecule has 4 N–H and O–H groups in total. The number of rotatable bonds is 5. The summed E-state index contributed by atoms with van der Waals surface area (Å²) in [6.45, 7) is 5.73. The van der Waals surface area contributed by atoms with Gasteiger partial charge in [-0.05, 0) is 12.8 Å². The number of H-pyrrole nitrogens is 2. The molecule has 0 spiro atoms. The Labute approximate surface area is 144 Å². The summed E-state index contributed by atoms with van der Waals surface area (Å²) in [5, 5.41) is 12.7. The number of hydrogen-bond donors (Lipinski definition) is 3. The SMILES string of the molecule is Cc1[nH]c(=O)[nH]c(=O)c1CSc1nn2c(C(N)C(C)C)nnc2s1. The number of nitrogens with one attached hydrogen (secondary N) is 2. The molecule has 1 atom stereocenters. The van der Waals surface area contributed by atoms with Crippen LogP contribution in [0.25, 0.3) is 4.96 Å². The third kappa shape index (κ3) is 3.14. The first-order chi connectivity index (χ1) is 11.4. The Balaban J connectivity index is 1.84. The summed E-state index contributed by atoms with van der Waals surface area (Å²) >= 11 is 2.79. The van der Waals surface area contributed by atoms with Gasteiger partial charge in [-0.15, -0.1) is 15.3 Å². The first-order valence-electron chi connectivity index (χ1n) is 7.29. The summed E-state index contributed by atoms with van der Waals surface area (Å²) in [4.78, 5) is 28.6. The van der Waals surface area contributed by atoms with E-state index in [4.69, 9.17) is 5.73 Å². The summed E-state index contributed by atoms with van der Waals surface area (Å²) in [5.41, 5.74) is 6.32. The van der Waals surface area contributed by atoms with Gasteiger partial charge in [0.2, 0.25) is 4.96 Å². The molecular weight excluding hydrogens is 350 g/mol. The van der Waals surface area contributed by atoms with Gasteiger partial charge in [0.05, 0.1) is 6.04 Å². The monoisotopic (exact) mass is 367 g/mol. The van der Waals surface area contributed by atoms with Crippen molar-refractivity contribution in [3.63, 3.8) is 0 Å². The molecule has 0 fully saturated rings. The van der Waals surface area contributed by atoms with Crippen molar-refractivity contribution in [3.8, 4) is 0 Å². The fourth-order valence-electron chi connectivity index (χ4n) is 2.11. The lowest BCUT2D eigenvalue weighted by atomic mass is 10.1. The van der Waals surface area contributed by atoms with Crippen LogP contribution in [0.5, 0.6) is 0 Å². The van der Waals surface area contributed by atoms with Crippen LogP contribution < -0.4 is 17.0 Å². The Bertz CT molecular complexity index is 984. The summed E-state index contributed by atoms with van der Waals surface area (Å²) in [6, 6.07) is -0.246. The molecule has 0 radical (unpaired) electrons. The van der Waals surface area contributed by atoms with Crippen molar-refractivity contribution in [1.29, 1.82) is 0 Å². The van der Waals surface area contributed by atoms with E-state index >= 15 is 0 Å². The van der Waals surface area contributed by atoms with E-state index in [2.05, 4.69) is 25.3 Å². The maximum absolute atomic E-state index is 11.9. The molecule has 24 heavy (non-hydrogen) atoms. The van der Waals surface area contributed by atoms with Gasteiger partial charge in [-0.1, -0.05) is 36.9 Å². The number of fused-ring (bicyclic) bond motifs is 1. The van der Waals surface area contributed by atoms with E-state index in [0.717, 1.165) is 4.34 Å². The molecular formula is C13H17N7O2S2. The van der Waals surface area contributed by atoms with Crippen LogP contribution in [-0.2, 0) is 5.75 Å². The lowest BCUT2D eigenvalue weighted by Crippen LogP contribution is -2.26. The van der Waals surface area contributed by atoms with E-state index in [1.54, 1.807) is 11.4 Å². The van der Waals surface area contributed by atoms with Gasteiger partial charge in [0.1, 0.15) is 0 Å². The number of aromatic amines is 2. The summed E-state index contributed by atoms with van der Waals surface area (Å²) in [5.74, 6) is 1.24. The average molecular weight is 367 g/mol. The van der Waals surface area contributed by atoms with Crippen molar-refractivity contribution in [2.24, 2.45) is 11.7 Å². The number of aromatic nitrogens is 6. The van der Waals surface area contributed by atoms with Gasteiger partial charge in [-0.2, -0.15) is 4.52 Å². The molecule has 0 aliphatic rings. The summed E-state index contributed by atoms with van der Waals surface area (Å²) in [6.07, 6.45) is 0. The molecule has 3 aromatic heterocycles. The van der Waals surface area contributed by atoms with Crippen LogP contribution in [0, 0.1) is 12.8 Å². The third-order valence-electron chi connectivity index (χ3n) is 3.61. The molecule has 0 aliphatic heterocycles. The lowest BCUT2D eigenvalue weighted by Gasteiger charge is -2.11. The zero-order valence-corrected chi connectivity index (χ0v) is 15.0. The predicted octanol–water partition coefficient (Wildman–Crippen LogP) is 0.819. The quantitative estimate of drug-likeness (QED) is 0.568. The highest BCUT2D eigenvalue weighted by atomic mass is 32.2. The molecule has 0 aromatic carbocycles. The summed E-state index contributed by atoms with van der Waals surface area (Å²) < 4.78 is 2.41. The molecule has 11 heteroatoms. The Kier molecular flexibility index (Phi) is 4.56. The zero-order chi connectivity index (χ0) is 17.4. The van der Waals surface area contributed by atoms with Gasteiger partial charge >= 0.3 is 5.69 Å². The van der Waals surface area contributed by atoms with Crippen molar-refractivity contribution in [2.75, 3.05) is 0 Å². The van der Waals surface area contributed by atoms with Crippen LogP contribution in [0.1, 0.15) is 37.0 Å². The van der Waals surface area contributed by atoms with Crippen molar-refractivity contribution in [2.45, 2.75) is 36.9 Å². The number of nitrogens with zero attached hydrogens (tertiary/aromatic N) is 4.